The Morgan fingerprint density at radius 3 is 2.70 bits per heavy atom. The van der Waals surface area contributed by atoms with Crippen molar-refractivity contribution in [3.8, 4) is 0 Å². The predicted molar refractivity (Wildman–Crippen MR) is 86.9 cm³/mol. The van der Waals surface area contributed by atoms with Gasteiger partial charge < -0.3 is 10.5 Å². The van der Waals surface area contributed by atoms with Crippen molar-refractivity contribution in [2.75, 3.05) is 26.3 Å². The molecule has 0 aliphatic carbocycles. The number of rotatable bonds is 5. The van der Waals surface area contributed by atoms with Crippen molar-refractivity contribution >= 4 is 15.9 Å². The lowest BCUT2D eigenvalue weighted by molar-refractivity contribution is -0.0272. The van der Waals surface area contributed by atoms with Gasteiger partial charge in [-0.1, -0.05) is 35.0 Å². The normalized spacial score (nSPS) is 21.4. The van der Waals surface area contributed by atoms with Crippen LogP contribution in [-0.2, 0) is 11.2 Å². The molecule has 1 fully saturated rings. The zero-order valence-corrected chi connectivity index (χ0v) is 14.0. The minimum atomic E-state index is 0.0338. The molecule has 1 saturated heterocycles. The highest BCUT2D eigenvalue weighted by Gasteiger charge is 2.36. The maximum absolute atomic E-state index is 6.58. The summed E-state index contributed by atoms with van der Waals surface area (Å²) < 4.78 is 6.58. The van der Waals surface area contributed by atoms with Crippen LogP contribution in [0.25, 0.3) is 0 Å². The van der Waals surface area contributed by atoms with E-state index in [-0.39, 0.29) is 11.6 Å². The highest BCUT2D eigenvalue weighted by Crippen LogP contribution is 2.26. The summed E-state index contributed by atoms with van der Waals surface area (Å²) in [4.78, 5) is 2.50. The summed E-state index contributed by atoms with van der Waals surface area (Å²) in [6, 6.07) is 8.56. The largest absolute Gasteiger partial charge is 0.379 e. The molecule has 1 heterocycles. The number of morpholine rings is 1. The van der Waals surface area contributed by atoms with E-state index in [1.807, 2.05) is 0 Å². The van der Waals surface area contributed by atoms with Gasteiger partial charge in [0.15, 0.2) is 0 Å². The van der Waals surface area contributed by atoms with E-state index in [0.29, 0.717) is 0 Å². The van der Waals surface area contributed by atoms with Gasteiger partial charge in [-0.25, -0.2) is 0 Å². The Balaban J connectivity index is 2.09. The number of ether oxygens (including phenoxy) is 1. The summed E-state index contributed by atoms with van der Waals surface area (Å²) in [6.07, 6.45) is 1.96. The van der Waals surface area contributed by atoms with Gasteiger partial charge in [-0.2, -0.15) is 0 Å². The van der Waals surface area contributed by atoms with Gasteiger partial charge in [-0.15, -0.1) is 0 Å². The number of hydrogen-bond donors (Lipinski definition) is 1. The van der Waals surface area contributed by atoms with Crippen LogP contribution in [0.4, 0.5) is 0 Å². The van der Waals surface area contributed by atoms with Crippen molar-refractivity contribution in [1.82, 2.24) is 4.90 Å². The quantitative estimate of drug-likeness (QED) is 0.895. The summed E-state index contributed by atoms with van der Waals surface area (Å²) in [5.74, 6) is 0. The van der Waals surface area contributed by atoms with Crippen LogP contribution in [0, 0.1) is 0 Å². The highest BCUT2D eigenvalue weighted by molar-refractivity contribution is 9.10. The smallest absolute Gasteiger partial charge is 0.0594 e. The zero-order chi connectivity index (χ0) is 14.6. The molecule has 1 aliphatic rings. The number of halogens is 1. The van der Waals surface area contributed by atoms with Crippen molar-refractivity contribution < 1.29 is 4.74 Å². The fourth-order valence-corrected chi connectivity index (χ4v) is 3.38. The lowest BCUT2D eigenvalue weighted by atomic mass is 9.84. The summed E-state index contributed by atoms with van der Waals surface area (Å²) in [5.41, 5.74) is 7.90. The topological polar surface area (TPSA) is 38.5 Å². The lowest BCUT2D eigenvalue weighted by Crippen LogP contribution is -2.61. The fourth-order valence-electron chi connectivity index (χ4n) is 2.93. The van der Waals surface area contributed by atoms with Crippen LogP contribution in [0.2, 0.25) is 0 Å². The van der Waals surface area contributed by atoms with Gasteiger partial charge in [-0.3, -0.25) is 4.90 Å². The van der Waals surface area contributed by atoms with Crippen LogP contribution >= 0.6 is 15.9 Å². The second-order valence-corrected chi connectivity index (χ2v) is 6.67. The van der Waals surface area contributed by atoms with Gasteiger partial charge in [-0.05, 0) is 37.5 Å². The van der Waals surface area contributed by atoms with Gasteiger partial charge >= 0.3 is 0 Å². The lowest BCUT2D eigenvalue weighted by Gasteiger charge is -2.46. The summed E-state index contributed by atoms with van der Waals surface area (Å²) in [6.45, 7) is 8.13. The molecule has 0 saturated carbocycles. The zero-order valence-electron chi connectivity index (χ0n) is 12.4. The Labute approximate surface area is 130 Å². The Kier molecular flexibility index (Phi) is 5.61. The van der Waals surface area contributed by atoms with Crippen molar-refractivity contribution in [2.45, 2.75) is 38.3 Å². The van der Waals surface area contributed by atoms with Crippen molar-refractivity contribution in [2.24, 2.45) is 5.73 Å². The molecule has 2 rings (SSSR count). The van der Waals surface area contributed by atoms with Gasteiger partial charge in [0.2, 0.25) is 0 Å². The van der Waals surface area contributed by atoms with Crippen LogP contribution in [0.5, 0.6) is 0 Å². The molecule has 20 heavy (non-hydrogen) atoms. The monoisotopic (exact) mass is 340 g/mol. The first-order valence-electron chi connectivity index (χ1n) is 7.39. The van der Waals surface area contributed by atoms with Crippen LogP contribution in [-0.4, -0.2) is 42.8 Å². The van der Waals surface area contributed by atoms with Gasteiger partial charge in [0.05, 0.1) is 13.2 Å². The molecule has 2 atom stereocenters. The molecular weight excluding hydrogens is 316 g/mol. The molecule has 0 amide bonds. The first-order chi connectivity index (χ1) is 9.56. The van der Waals surface area contributed by atoms with Crippen LogP contribution < -0.4 is 5.73 Å². The molecular formula is C16H25BrN2O. The van der Waals surface area contributed by atoms with Crippen LogP contribution in [0.1, 0.15) is 25.8 Å². The molecule has 0 radical (unpaired) electrons. The van der Waals surface area contributed by atoms with Crippen molar-refractivity contribution in [3.05, 3.63) is 34.3 Å². The van der Waals surface area contributed by atoms with Crippen molar-refractivity contribution in [1.29, 1.82) is 0 Å². The summed E-state index contributed by atoms with van der Waals surface area (Å²) in [7, 11) is 0. The van der Waals surface area contributed by atoms with E-state index in [4.69, 9.17) is 10.5 Å². The van der Waals surface area contributed by atoms with E-state index in [9.17, 15) is 0 Å². The van der Waals surface area contributed by atoms with Gasteiger partial charge in [0.1, 0.15) is 0 Å². The molecule has 0 bridgehead atoms. The fraction of sp³-hybridized carbons (Fsp3) is 0.625. The SMILES string of the molecule is CCC(C)(C(N)Cc1cccc(Br)c1)N1CCOCC1. The molecule has 2 unspecified atom stereocenters. The van der Waals surface area contributed by atoms with Crippen LogP contribution in [0.15, 0.2) is 28.7 Å². The Morgan fingerprint density at radius 1 is 1.40 bits per heavy atom. The second kappa shape index (κ2) is 7.03. The molecule has 4 heteroatoms. The van der Waals surface area contributed by atoms with Crippen LogP contribution in [0.3, 0.4) is 0 Å². The van der Waals surface area contributed by atoms with E-state index in [1.165, 1.54) is 5.56 Å². The van der Waals surface area contributed by atoms with Crippen molar-refractivity contribution in [3.63, 3.8) is 0 Å². The number of nitrogens with two attached hydrogens (primary N) is 1. The summed E-state index contributed by atoms with van der Waals surface area (Å²) in [5, 5.41) is 0. The van der Waals surface area contributed by atoms with Gasteiger partial charge in [0, 0.05) is 29.1 Å². The molecule has 1 aromatic carbocycles. The van der Waals surface area contributed by atoms with E-state index < -0.39 is 0 Å². The molecule has 2 N–H and O–H groups in total. The Hall–Kier alpha value is -0.420. The van der Waals surface area contributed by atoms with E-state index in [0.717, 1.165) is 43.6 Å². The van der Waals surface area contributed by atoms with Gasteiger partial charge in [0.25, 0.3) is 0 Å². The maximum Gasteiger partial charge on any atom is 0.0594 e. The molecule has 112 valence electrons. The van der Waals surface area contributed by atoms with E-state index >= 15 is 0 Å². The number of hydrogen-bond acceptors (Lipinski definition) is 3. The average molecular weight is 341 g/mol. The second-order valence-electron chi connectivity index (χ2n) is 5.75. The molecule has 1 aliphatic heterocycles. The van der Waals surface area contributed by atoms with E-state index in [2.05, 4.69) is 58.9 Å². The maximum atomic E-state index is 6.58. The predicted octanol–water partition coefficient (Wildman–Crippen LogP) is 2.82. The third-order valence-electron chi connectivity index (χ3n) is 4.59. The number of benzene rings is 1. The van der Waals surface area contributed by atoms with E-state index in [1.54, 1.807) is 0 Å². The first-order valence-corrected chi connectivity index (χ1v) is 8.18. The third-order valence-corrected chi connectivity index (χ3v) is 5.09. The first kappa shape index (κ1) is 16.0. The molecule has 0 aromatic heterocycles. The minimum absolute atomic E-state index is 0.0338. The highest BCUT2D eigenvalue weighted by atomic mass is 79.9. The standard InChI is InChI=1S/C16H25BrN2O/c1-3-16(2,19-7-9-20-10-8-19)15(18)12-13-5-4-6-14(17)11-13/h4-6,11,15H,3,7-10,12,18H2,1-2H3. The molecule has 3 nitrogen and oxygen atoms in total. The Morgan fingerprint density at radius 2 is 2.10 bits per heavy atom. The summed E-state index contributed by atoms with van der Waals surface area (Å²) >= 11 is 3.53. The Bertz CT molecular complexity index is 434. The molecule has 1 aromatic rings. The third kappa shape index (κ3) is 3.61. The molecule has 0 spiro atoms. The number of nitrogens with zero attached hydrogens (tertiary/aromatic N) is 1. The minimum Gasteiger partial charge on any atom is -0.379 e. The average Bonchev–Trinajstić information content (AvgIpc) is 2.47.